The molecule has 2 heterocycles. The van der Waals surface area contributed by atoms with Crippen LogP contribution in [0.1, 0.15) is 4.88 Å². The molecule has 0 spiro atoms. The van der Waals surface area contributed by atoms with Gasteiger partial charge in [0.1, 0.15) is 9.86 Å². The van der Waals surface area contributed by atoms with Crippen LogP contribution in [-0.4, -0.2) is 22.1 Å². The van der Waals surface area contributed by atoms with Gasteiger partial charge in [-0.25, -0.2) is 9.97 Å². The number of hydrogen-bond donors (Lipinski definition) is 3. The largest absolute Gasteiger partial charge is 0.397 e. The number of nitrogens with zero attached hydrogens (tertiary/aromatic N) is 4. The summed E-state index contributed by atoms with van der Waals surface area (Å²) < 4.78 is 0. The van der Waals surface area contributed by atoms with Crippen LogP contribution in [0.3, 0.4) is 0 Å². The van der Waals surface area contributed by atoms with Crippen LogP contribution in [0.4, 0.5) is 11.6 Å². The van der Waals surface area contributed by atoms with Crippen LogP contribution >= 0.6 is 23.1 Å². The van der Waals surface area contributed by atoms with Gasteiger partial charge in [0.05, 0.1) is 16.0 Å². The van der Waals surface area contributed by atoms with E-state index in [0.29, 0.717) is 25.8 Å². The normalized spacial score (nSPS) is 11.7. The van der Waals surface area contributed by atoms with Crippen LogP contribution in [-0.2, 0) is 0 Å². The zero-order chi connectivity index (χ0) is 13.3. The molecular formula is C9H9N7S2. The number of nitriles is 1. The van der Waals surface area contributed by atoms with E-state index in [1.807, 2.05) is 6.26 Å². The first-order valence-corrected chi connectivity index (χ1v) is 6.74. The molecule has 2 aromatic rings. The van der Waals surface area contributed by atoms with E-state index < -0.39 is 0 Å². The molecule has 0 bridgehead atoms. The van der Waals surface area contributed by atoms with Crippen LogP contribution in [0.2, 0.25) is 0 Å². The molecule has 6 N–H and O–H groups in total. The number of aliphatic imine (C=N–C) groups is 1. The molecule has 0 radical (unpaired) electrons. The average Bonchev–Trinajstić information content (AvgIpc) is 2.66. The van der Waals surface area contributed by atoms with E-state index in [0.717, 1.165) is 0 Å². The predicted octanol–water partition coefficient (Wildman–Crippen LogP) is 0.764. The second kappa shape index (κ2) is 4.67. The van der Waals surface area contributed by atoms with Gasteiger partial charge in [-0.1, -0.05) is 0 Å². The highest BCUT2D eigenvalue weighted by Crippen LogP contribution is 2.37. The SMILES string of the molecule is CSc1nc(N)nc2sc(C(N)=NC#N)c(N)c12. The van der Waals surface area contributed by atoms with Crippen molar-refractivity contribution in [3.63, 3.8) is 0 Å². The molecule has 0 aliphatic rings. The van der Waals surface area contributed by atoms with Gasteiger partial charge in [-0.3, -0.25) is 0 Å². The van der Waals surface area contributed by atoms with Crippen molar-refractivity contribution in [3.8, 4) is 6.19 Å². The third-order valence-electron chi connectivity index (χ3n) is 2.17. The van der Waals surface area contributed by atoms with Gasteiger partial charge in [-0.15, -0.1) is 23.1 Å². The van der Waals surface area contributed by atoms with E-state index in [2.05, 4.69) is 15.0 Å². The molecule has 0 aliphatic heterocycles. The molecule has 0 aliphatic carbocycles. The fourth-order valence-corrected chi connectivity index (χ4v) is 3.11. The van der Waals surface area contributed by atoms with Crippen molar-refractivity contribution in [1.29, 1.82) is 5.26 Å². The number of fused-ring (bicyclic) bond motifs is 1. The van der Waals surface area contributed by atoms with E-state index in [-0.39, 0.29) is 11.8 Å². The number of amidine groups is 1. The number of aromatic nitrogens is 2. The topological polar surface area (TPSA) is 140 Å². The van der Waals surface area contributed by atoms with Crippen LogP contribution in [0, 0.1) is 11.5 Å². The molecule has 0 saturated carbocycles. The lowest BCUT2D eigenvalue weighted by atomic mass is 10.3. The number of thiophene rings is 1. The molecule has 7 nitrogen and oxygen atoms in total. The highest BCUT2D eigenvalue weighted by Gasteiger charge is 2.18. The standard InChI is InChI=1S/C9H9N7S2/c1-17-7-3-4(11)5(6(12)14-2-10)18-8(3)16-9(13)15-7/h11H2,1H3,(H2,12,14)(H2,13,15,16). The summed E-state index contributed by atoms with van der Waals surface area (Å²) in [5, 5.41) is 9.89. The molecule has 0 fully saturated rings. The van der Waals surface area contributed by atoms with Crippen LogP contribution < -0.4 is 17.2 Å². The quantitative estimate of drug-likeness (QED) is 0.242. The van der Waals surface area contributed by atoms with Crippen molar-refractivity contribution in [3.05, 3.63) is 4.88 Å². The molecular weight excluding hydrogens is 270 g/mol. The van der Waals surface area contributed by atoms with E-state index in [1.165, 1.54) is 23.1 Å². The van der Waals surface area contributed by atoms with Gasteiger partial charge in [0.2, 0.25) is 12.1 Å². The molecule has 2 rings (SSSR count). The van der Waals surface area contributed by atoms with Crippen molar-refractivity contribution in [2.45, 2.75) is 5.03 Å². The van der Waals surface area contributed by atoms with Gasteiger partial charge in [-0.2, -0.15) is 10.3 Å². The third-order valence-corrected chi connectivity index (χ3v) is 3.97. The van der Waals surface area contributed by atoms with Gasteiger partial charge in [0, 0.05) is 0 Å². The Labute approximate surface area is 111 Å². The monoisotopic (exact) mass is 279 g/mol. The van der Waals surface area contributed by atoms with E-state index in [4.69, 9.17) is 22.5 Å². The summed E-state index contributed by atoms with van der Waals surface area (Å²) in [7, 11) is 0. The fourth-order valence-electron chi connectivity index (χ4n) is 1.45. The van der Waals surface area contributed by atoms with E-state index in [9.17, 15) is 0 Å². The molecule has 92 valence electrons. The molecule has 0 aromatic carbocycles. The van der Waals surface area contributed by atoms with E-state index >= 15 is 0 Å². The van der Waals surface area contributed by atoms with Crippen molar-refractivity contribution in [1.82, 2.24) is 9.97 Å². The zero-order valence-electron chi connectivity index (χ0n) is 9.34. The van der Waals surface area contributed by atoms with Crippen molar-refractivity contribution in [2.24, 2.45) is 10.7 Å². The highest BCUT2D eigenvalue weighted by atomic mass is 32.2. The lowest BCUT2D eigenvalue weighted by Gasteiger charge is -2.00. The van der Waals surface area contributed by atoms with Gasteiger partial charge in [-0.05, 0) is 6.26 Å². The first kappa shape index (κ1) is 12.4. The fraction of sp³-hybridized carbons (Fsp3) is 0.111. The van der Waals surface area contributed by atoms with Crippen LogP contribution in [0.15, 0.2) is 10.0 Å². The van der Waals surface area contributed by atoms with Gasteiger partial charge in [0.15, 0.2) is 5.84 Å². The first-order chi connectivity index (χ1) is 8.58. The molecule has 2 aromatic heterocycles. The van der Waals surface area contributed by atoms with Crippen molar-refractivity contribution >= 4 is 50.8 Å². The number of rotatable bonds is 2. The van der Waals surface area contributed by atoms with Gasteiger partial charge < -0.3 is 17.2 Å². The Balaban J connectivity index is 2.79. The molecule has 9 heteroatoms. The summed E-state index contributed by atoms with van der Waals surface area (Å²) in [6.07, 6.45) is 3.49. The Bertz CT molecular complexity index is 682. The number of hydrogen-bond acceptors (Lipinski definition) is 8. The number of nitrogens with two attached hydrogens (primary N) is 3. The predicted molar refractivity (Wildman–Crippen MR) is 74.4 cm³/mol. The smallest absolute Gasteiger partial charge is 0.222 e. The summed E-state index contributed by atoms with van der Waals surface area (Å²) in [6.45, 7) is 0. The maximum Gasteiger partial charge on any atom is 0.222 e. The second-order valence-corrected chi connectivity index (χ2v) is 5.01. The summed E-state index contributed by atoms with van der Waals surface area (Å²) in [6, 6.07) is 0. The average molecular weight is 279 g/mol. The summed E-state index contributed by atoms with van der Waals surface area (Å²) >= 11 is 2.65. The maximum absolute atomic E-state index is 8.50. The summed E-state index contributed by atoms with van der Waals surface area (Å²) in [5.41, 5.74) is 17.7. The third kappa shape index (κ3) is 1.92. The number of anilines is 2. The number of nitrogen functional groups attached to an aromatic ring is 2. The molecule has 0 saturated heterocycles. The van der Waals surface area contributed by atoms with E-state index in [1.54, 1.807) is 6.19 Å². The van der Waals surface area contributed by atoms with Gasteiger partial charge in [0.25, 0.3) is 0 Å². The Hall–Kier alpha value is -2.05. The number of thioether (sulfide) groups is 1. The van der Waals surface area contributed by atoms with Crippen LogP contribution in [0.5, 0.6) is 0 Å². The minimum absolute atomic E-state index is 0.0728. The second-order valence-electron chi connectivity index (χ2n) is 3.21. The lowest BCUT2D eigenvalue weighted by molar-refractivity contribution is 1.13. The lowest BCUT2D eigenvalue weighted by Crippen LogP contribution is -2.12. The summed E-state index contributed by atoms with van der Waals surface area (Å²) in [5.74, 6) is 0.249. The maximum atomic E-state index is 8.50. The van der Waals surface area contributed by atoms with Crippen molar-refractivity contribution < 1.29 is 0 Å². The molecule has 18 heavy (non-hydrogen) atoms. The van der Waals surface area contributed by atoms with Crippen LogP contribution in [0.25, 0.3) is 10.2 Å². The zero-order valence-corrected chi connectivity index (χ0v) is 11.0. The molecule has 0 amide bonds. The highest BCUT2D eigenvalue weighted by molar-refractivity contribution is 7.98. The Morgan fingerprint density at radius 3 is 2.78 bits per heavy atom. The Morgan fingerprint density at radius 2 is 2.17 bits per heavy atom. The van der Waals surface area contributed by atoms with Crippen molar-refractivity contribution in [2.75, 3.05) is 17.7 Å². The van der Waals surface area contributed by atoms with Gasteiger partial charge >= 0.3 is 0 Å². The first-order valence-electron chi connectivity index (χ1n) is 4.70. The Kier molecular flexibility index (Phi) is 3.22. The minimum atomic E-state index is 0.0728. The Morgan fingerprint density at radius 1 is 1.44 bits per heavy atom. The minimum Gasteiger partial charge on any atom is -0.397 e. The molecule has 0 unspecified atom stereocenters. The molecule has 0 atom stereocenters. The summed E-state index contributed by atoms with van der Waals surface area (Å²) in [4.78, 5) is 12.8.